The molecule has 40 heavy (non-hydrogen) atoms. The second kappa shape index (κ2) is 11.4. The molecule has 9 heteroatoms. The summed E-state index contributed by atoms with van der Waals surface area (Å²) in [4.78, 5) is 33.3. The van der Waals surface area contributed by atoms with Gasteiger partial charge in [0, 0.05) is 5.56 Å². The lowest BCUT2D eigenvalue weighted by molar-refractivity contribution is -0.132. The molecule has 1 aliphatic rings. The largest absolute Gasteiger partial charge is 0.507 e. The number of Topliss-reactive ketones (excluding diaryl/α,β-unsaturated/α-hetero) is 1. The minimum absolute atomic E-state index is 0.0313. The molecule has 5 rings (SSSR count). The Morgan fingerprint density at radius 3 is 2.30 bits per heavy atom. The van der Waals surface area contributed by atoms with E-state index >= 15 is 0 Å². The summed E-state index contributed by atoms with van der Waals surface area (Å²) in [5, 5.41) is 11.8. The van der Waals surface area contributed by atoms with Gasteiger partial charge in [0.05, 0.1) is 41.7 Å². The Balaban J connectivity index is 1.70. The highest BCUT2D eigenvalue weighted by molar-refractivity contribution is 7.22. The lowest BCUT2D eigenvalue weighted by atomic mass is 9.95. The first-order chi connectivity index (χ1) is 19.4. The zero-order valence-corrected chi connectivity index (χ0v) is 23.6. The first-order valence-electron chi connectivity index (χ1n) is 13.2. The first-order valence-corrected chi connectivity index (χ1v) is 14.0. The molecule has 2 heterocycles. The molecule has 1 saturated heterocycles. The number of hydrogen-bond donors (Lipinski definition) is 1. The number of ether oxygens (including phenoxy) is 3. The van der Waals surface area contributed by atoms with Crippen molar-refractivity contribution in [2.24, 2.45) is 0 Å². The van der Waals surface area contributed by atoms with Gasteiger partial charge in [0.25, 0.3) is 5.78 Å². The lowest BCUT2D eigenvalue weighted by Crippen LogP contribution is -2.29. The van der Waals surface area contributed by atoms with Gasteiger partial charge in [0.15, 0.2) is 16.6 Å². The van der Waals surface area contributed by atoms with Crippen LogP contribution in [0.1, 0.15) is 43.5 Å². The minimum Gasteiger partial charge on any atom is -0.507 e. The van der Waals surface area contributed by atoms with Crippen LogP contribution in [0.4, 0.5) is 5.13 Å². The minimum atomic E-state index is -0.942. The van der Waals surface area contributed by atoms with Crippen molar-refractivity contribution in [2.75, 3.05) is 24.7 Å². The zero-order valence-electron chi connectivity index (χ0n) is 22.8. The number of rotatable bonds is 9. The van der Waals surface area contributed by atoms with Crippen molar-refractivity contribution in [3.8, 4) is 17.2 Å². The van der Waals surface area contributed by atoms with E-state index in [9.17, 15) is 14.7 Å². The van der Waals surface area contributed by atoms with Crippen LogP contribution in [-0.4, -0.2) is 41.6 Å². The highest BCUT2D eigenvalue weighted by atomic mass is 32.1. The van der Waals surface area contributed by atoms with Crippen LogP contribution >= 0.6 is 11.3 Å². The van der Waals surface area contributed by atoms with Gasteiger partial charge in [0.1, 0.15) is 11.5 Å². The van der Waals surface area contributed by atoms with Crippen LogP contribution in [0.2, 0.25) is 0 Å². The maximum Gasteiger partial charge on any atom is 0.301 e. The number of carbonyl (C=O) groups is 2. The maximum atomic E-state index is 13.6. The number of aromatic nitrogens is 1. The van der Waals surface area contributed by atoms with Crippen LogP contribution < -0.4 is 19.1 Å². The number of fused-ring (bicyclic) bond motifs is 1. The molecule has 206 valence electrons. The molecular weight excluding hydrogens is 528 g/mol. The van der Waals surface area contributed by atoms with Crippen LogP contribution in [0.25, 0.3) is 16.0 Å². The van der Waals surface area contributed by atoms with Gasteiger partial charge in [-0.25, -0.2) is 4.98 Å². The number of benzene rings is 3. The number of nitrogens with zero attached hydrogens (tertiary/aromatic N) is 2. The fourth-order valence-electron chi connectivity index (χ4n) is 4.74. The topological polar surface area (TPSA) is 98.2 Å². The Kier molecular flexibility index (Phi) is 7.75. The van der Waals surface area contributed by atoms with Crippen LogP contribution in [0, 0.1) is 6.92 Å². The molecule has 1 amide bonds. The van der Waals surface area contributed by atoms with E-state index in [-0.39, 0.29) is 11.3 Å². The molecule has 1 N–H and O–H groups in total. The van der Waals surface area contributed by atoms with Gasteiger partial charge >= 0.3 is 5.91 Å². The number of amides is 1. The molecule has 8 nitrogen and oxygen atoms in total. The van der Waals surface area contributed by atoms with Gasteiger partial charge < -0.3 is 19.3 Å². The normalized spacial score (nSPS) is 16.5. The van der Waals surface area contributed by atoms with E-state index in [0.717, 1.165) is 15.8 Å². The van der Waals surface area contributed by atoms with Crippen molar-refractivity contribution in [3.63, 3.8) is 0 Å². The van der Waals surface area contributed by atoms with Gasteiger partial charge in [-0.3, -0.25) is 14.5 Å². The average molecular weight is 559 g/mol. The van der Waals surface area contributed by atoms with Crippen LogP contribution in [0.15, 0.2) is 66.2 Å². The summed E-state index contributed by atoms with van der Waals surface area (Å²) in [6.07, 6.45) is 0. The van der Waals surface area contributed by atoms with E-state index in [0.29, 0.717) is 53.3 Å². The first kappa shape index (κ1) is 27.2. The SMILES string of the molecule is CCOc1ccc(C(O)=C2C(=O)C(=O)N(c3nc4ccc(C)cc4s3)C2c2ccc(OCC)c(OCC)c2)cc1. The number of ketones is 1. The predicted octanol–water partition coefficient (Wildman–Crippen LogP) is 6.43. The Labute approximate surface area is 236 Å². The van der Waals surface area contributed by atoms with Crippen molar-refractivity contribution < 1.29 is 28.9 Å². The zero-order chi connectivity index (χ0) is 28.4. The molecule has 1 unspecified atom stereocenters. The predicted molar refractivity (Wildman–Crippen MR) is 156 cm³/mol. The number of hydrogen-bond acceptors (Lipinski definition) is 8. The summed E-state index contributed by atoms with van der Waals surface area (Å²) < 4.78 is 18.0. The van der Waals surface area contributed by atoms with Gasteiger partial charge in [-0.1, -0.05) is 23.5 Å². The summed E-state index contributed by atoms with van der Waals surface area (Å²) in [6, 6.07) is 16.9. The summed E-state index contributed by atoms with van der Waals surface area (Å²) >= 11 is 1.32. The van der Waals surface area contributed by atoms with Gasteiger partial charge in [-0.2, -0.15) is 0 Å². The third-order valence-electron chi connectivity index (χ3n) is 6.51. The summed E-state index contributed by atoms with van der Waals surface area (Å²) in [6.45, 7) is 8.95. The quantitative estimate of drug-likeness (QED) is 0.144. The summed E-state index contributed by atoms with van der Waals surface area (Å²) in [7, 11) is 0. The van der Waals surface area contributed by atoms with Crippen molar-refractivity contribution in [1.82, 2.24) is 4.98 Å². The average Bonchev–Trinajstić information content (AvgIpc) is 3.47. The third kappa shape index (κ3) is 5.00. The summed E-state index contributed by atoms with van der Waals surface area (Å²) in [5.74, 6) is -0.175. The molecule has 0 saturated carbocycles. The highest BCUT2D eigenvalue weighted by Crippen LogP contribution is 2.46. The van der Waals surface area contributed by atoms with Crippen LogP contribution in [-0.2, 0) is 9.59 Å². The molecule has 0 aliphatic carbocycles. The Hall–Kier alpha value is -4.37. The standard InChI is InChI=1S/C31H30N2O6S/c1-5-37-21-12-9-19(10-13-21)28(34)26-27(20-11-15-23(38-6-2)24(17-20)39-7-3)33(30(36)29(26)35)31-32-22-14-8-18(4)16-25(22)40-31/h8-17,27,34H,5-7H2,1-4H3. The van der Waals surface area contributed by atoms with Crippen molar-refractivity contribution in [1.29, 1.82) is 0 Å². The van der Waals surface area contributed by atoms with E-state index in [1.807, 2.05) is 45.9 Å². The van der Waals surface area contributed by atoms with Crippen molar-refractivity contribution in [2.45, 2.75) is 33.7 Å². The van der Waals surface area contributed by atoms with Crippen molar-refractivity contribution >= 4 is 44.1 Å². The Morgan fingerprint density at radius 1 is 0.900 bits per heavy atom. The monoisotopic (exact) mass is 558 g/mol. The van der Waals surface area contributed by atoms with Crippen LogP contribution in [0.5, 0.6) is 17.2 Å². The Morgan fingerprint density at radius 2 is 1.60 bits per heavy atom. The van der Waals surface area contributed by atoms with Crippen LogP contribution in [0.3, 0.4) is 0 Å². The van der Waals surface area contributed by atoms with Gasteiger partial charge in [-0.15, -0.1) is 0 Å². The number of aryl methyl sites for hydroxylation is 1. The summed E-state index contributed by atoms with van der Waals surface area (Å²) in [5.41, 5.74) is 2.72. The second-order valence-corrected chi connectivity index (χ2v) is 10.2. The van der Waals surface area contributed by atoms with Gasteiger partial charge in [-0.05, 0) is 87.4 Å². The lowest BCUT2D eigenvalue weighted by Gasteiger charge is -2.24. The number of carbonyl (C=O) groups excluding carboxylic acids is 2. The van der Waals surface area contributed by atoms with Gasteiger partial charge in [0.2, 0.25) is 0 Å². The number of aliphatic hydroxyl groups is 1. The molecule has 1 fully saturated rings. The number of anilines is 1. The molecule has 0 spiro atoms. The smallest absolute Gasteiger partial charge is 0.301 e. The van der Waals surface area contributed by atoms with E-state index in [1.54, 1.807) is 42.5 Å². The number of thiazole rings is 1. The van der Waals surface area contributed by atoms with E-state index < -0.39 is 17.7 Å². The molecule has 1 aromatic heterocycles. The molecule has 4 aromatic rings. The molecule has 1 atom stereocenters. The highest BCUT2D eigenvalue weighted by Gasteiger charge is 2.48. The Bertz CT molecular complexity index is 1610. The molecular formula is C31H30N2O6S. The fourth-order valence-corrected chi connectivity index (χ4v) is 5.83. The molecule has 0 radical (unpaired) electrons. The fraction of sp³-hybridized carbons (Fsp3) is 0.258. The maximum absolute atomic E-state index is 13.6. The molecule has 3 aromatic carbocycles. The number of aliphatic hydroxyl groups excluding tert-OH is 1. The van der Waals surface area contributed by atoms with E-state index in [2.05, 4.69) is 0 Å². The third-order valence-corrected chi connectivity index (χ3v) is 7.52. The molecule has 0 bridgehead atoms. The van der Waals surface area contributed by atoms with E-state index in [1.165, 1.54) is 16.2 Å². The molecule has 1 aliphatic heterocycles. The van der Waals surface area contributed by atoms with E-state index in [4.69, 9.17) is 19.2 Å². The second-order valence-electron chi connectivity index (χ2n) is 9.17. The van der Waals surface area contributed by atoms with Crippen molar-refractivity contribution in [3.05, 3.63) is 82.9 Å².